The molecule has 0 aliphatic carbocycles. The first kappa shape index (κ1) is 21.8. The zero-order valence-corrected chi connectivity index (χ0v) is 18.5. The molecule has 1 amide bonds. The van der Waals surface area contributed by atoms with Crippen molar-refractivity contribution in [3.05, 3.63) is 78.2 Å². The van der Waals surface area contributed by atoms with Gasteiger partial charge in [0.2, 0.25) is 0 Å². The van der Waals surface area contributed by atoms with Crippen LogP contribution in [0.1, 0.15) is 16.1 Å². The predicted octanol–water partition coefficient (Wildman–Crippen LogP) is 3.29. The highest BCUT2D eigenvalue weighted by Gasteiger charge is 2.22. The van der Waals surface area contributed by atoms with E-state index in [1.165, 1.54) is 0 Å². The molecule has 0 saturated heterocycles. The second-order valence-electron chi connectivity index (χ2n) is 7.00. The minimum Gasteiger partial charge on any atom is -0.497 e. The summed E-state index contributed by atoms with van der Waals surface area (Å²) in [4.78, 5) is 17.2. The first-order chi connectivity index (χ1) is 16.1. The Hall–Kier alpha value is -4.40. The monoisotopic (exact) mass is 445 g/mol. The van der Waals surface area contributed by atoms with Crippen LogP contribution < -0.4 is 19.5 Å². The Labute approximate surface area is 190 Å². The van der Waals surface area contributed by atoms with Crippen LogP contribution in [0.25, 0.3) is 16.9 Å². The van der Waals surface area contributed by atoms with E-state index in [1.54, 1.807) is 56.6 Å². The topological polar surface area (TPSA) is 100 Å². The lowest BCUT2D eigenvalue weighted by Gasteiger charge is -2.12. The van der Waals surface area contributed by atoms with Gasteiger partial charge in [0.05, 0.1) is 27.0 Å². The predicted molar refractivity (Wildman–Crippen MR) is 122 cm³/mol. The molecule has 2 aromatic carbocycles. The molecule has 0 spiro atoms. The lowest BCUT2D eigenvalue weighted by Crippen LogP contribution is -2.24. The maximum atomic E-state index is 13.2. The number of carbonyl (C=O) groups is 1. The molecule has 33 heavy (non-hydrogen) atoms. The molecule has 0 bridgehead atoms. The van der Waals surface area contributed by atoms with Crippen molar-refractivity contribution in [1.29, 1.82) is 0 Å². The van der Waals surface area contributed by atoms with E-state index in [0.717, 1.165) is 11.1 Å². The summed E-state index contributed by atoms with van der Waals surface area (Å²) in [5.41, 5.74) is 3.01. The van der Waals surface area contributed by atoms with Crippen LogP contribution in [-0.4, -0.2) is 47.2 Å². The Balaban J connectivity index is 1.68. The molecule has 0 fully saturated rings. The summed E-state index contributed by atoms with van der Waals surface area (Å²) < 4.78 is 17.6. The molecule has 4 aromatic rings. The SMILES string of the molecule is COc1cccc(-n2nnc(C(=O)NCc3ccc(OC)cc3OC)c2-c2ccncc2)c1. The lowest BCUT2D eigenvalue weighted by atomic mass is 10.1. The number of hydrogen-bond donors (Lipinski definition) is 1. The Kier molecular flexibility index (Phi) is 6.49. The van der Waals surface area contributed by atoms with Gasteiger partial charge in [-0.2, -0.15) is 0 Å². The van der Waals surface area contributed by atoms with Gasteiger partial charge < -0.3 is 19.5 Å². The molecule has 1 N–H and O–H groups in total. The van der Waals surface area contributed by atoms with E-state index in [0.29, 0.717) is 28.6 Å². The first-order valence-electron chi connectivity index (χ1n) is 10.1. The van der Waals surface area contributed by atoms with E-state index in [-0.39, 0.29) is 18.1 Å². The van der Waals surface area contributed by atoms with Crippen LogP contribution in [0.15, 0.2) is 67.0 Å². The van der Waals surface area contributed by atoms with Crippen molar-refractivity contribution in [2.24, 2.45) is 0 Å². The number of rotatable bonds is 8. The van der Waals surface area contributed by atoms with Gasteiger partial charge in [-0.25, -0.2) is 4.68 Å². The van der Waals surface area contributed by atoms with Crippen molar-refractivity contribution >= 4 is 5.91 Å². The van der Waals surface area contributed by atoms with E-state index >= 15 is 0 Å². The Bertz CT molecular complexity index is 1260. The summed E-state index contributed by atoms with van der Waals surface area (Å²) >= 11 is 0. The third-order valence-corrected chi connectivity index (χ3v) is 5.07. The van der Waals surface area contributed by atoms with Gasteiger partial charge in [-0.15, -0.1) is 5.10 Å². The molecular formula is C24H23N5O4. The van der Waals surface area contributed by atoms with E-state index in [2.05, 4.69) is 20.6 Å². The fourth-order valence-corrected chi connectivity index (χ4v) is 3.38. The number of aromatic nitrogens is 4. The van der Waals surface area contributed by atoms with E-state index in [4.69, 9.17) is 14.2 Å². The largest absolute Gasteiger partial charge is 0.497 e. The average Bonchev–Trinajstić information content (AvgIpc) is 3.33. The number of methoxy groups -OCH3 is 3. The van der Waals surface area contributed by atoms with Crippen LogP contribution in [0.2, 0.25) is 0 Å². The molecule has 0 aliphatic rings. The molecule has 0 aliphatic heterocycles. The van der Waals surface area contributed by atoms with Crippen molar-refractivity contribution < 1.29 is 19.0 Å². The Morgan fingerprint density at radius 1 is 0.939 bits per heavy atom. The molecule has 0 radical (unpaired) electrons. The fourth-order valence-electron chi connectivity index (χ4n) is 3.38. The number of nitrogens with zero attached hydrogens (tertiary/aromatic N) is 4. The van der Waals surface area contributed by atoms with Gasteiger partial charge in [0.1, 0.15) is 22.9 Å². The maximum absolute atomic E-state index is 13.2. The third-order valence-electron chi connectivity index (χ3n) is 5.07. The zero-order valence-electron chi connectivity index (χ0n) is 18.5. The molecule has 2 heterocycles. The van der Waals surface area contributed by atoms with Crippen LogP contribution in [0, 0.1) is 0 Å². The molecule has 168 valence electrons. The van der Waals surface area contributed by atoms with E-state index in [9.17, 15) is 4.79 Å². The summed E-state index contributed by atoms with van der Waals surface area (Å²) in [6.45, 7) is 0.244. The minimum absolute atomic E-state index is 0.191. The molecule has 2 aromatic heterocycles. The maximum Gasteiger partial charge on any atom is 0.274 e. The fraction of sp³-hybridized carbons (Fsp3) is 0.167. The van der Waals surface area contributed by atoms with Gasteiger partial charge in [0.15, 0.2) is 5.69 Å². The summed E-state index contributed by atoms with van der Waals surface area (Å²) in [6, 6.07) is 16.4. The van der Waals surface area contributed by atoms with Gasteiger partial charge in [-0.1, -0.05) is 11.3 Å². The Morgan fingerprint density at radius 2 is 1.70 bits per heavy atom. The number of hydrogen-bond acceptors (Lipinski definition) is 7. The van der Waals surface area contributed by atoms with Gasteiger partial charge in [0, 0.05) is 42.2 Å². The number of amides is 1. The first-order valence-corrected chi connectivity index (χ1v) is 10.1. The minimum atomic E-state index is -0.367. The van der Waals surface area contributed by atoms with Crippen molar-refractivity contribution in [3.63, 3.8) is 0 Å². The van der Waals surface area contributed by atoms with E-state index < -0.39 is 0 Å². The highest BCUT2D eigenvalue weighted by atomic mass is 16.5. The molecule has 0 atom stereocenters. The number of benzene rings is 2. The van der Waals surface area contributed by atoms with Gasteiger partial charge in [0.25, 0.3) is 5.91 Å². The van der Waals surface area contributed by atoms with Crippen LogP contribution in [0.5, 0.6) is 17.2 Å². The van der Waals surface area contributed by atoms with Crippen LogP contribution in [0.3, 0.4) is 0 Å². The van der Waals surface area contributed by atoms with Gasteiger partial charge in [-0.3, -0.25) is 9.78 Å². The van der Waals surface area contributed by atoms with Crippen molar-refractivity contribution in [2.45, 2.75) is 6.54 Å². The zero-order chi connectivity index (χ0) is 23.2. The number of carbonyl (C=O) groups excluding carboxylic acids is 1. The number of pyridine rings is 1. The van der Waals surface area contributed by atoms with Crippen molar-refractivity contribution in [1.82, 2.24) is 25.3 Å². The quantitative estimate of drug-likeness (QED) is 0.444. The number of ether oxygens (including phenoxy) is 3. The van der Waals surface area contributed by atoms with Crippen LogP contribution in [-0.2, 0) is 6.54 Å². The van der Waals surface area contributed by atoms with E-state index in [1.807, 2.05) is 36.4 Å². The Morgan fingerprint density at radius 3 is 2.42 bits per heavy atom. The molecule has 9 heteroatoms. The smallest absolute Gasteiger partial charge is 0.274 e. The highest BCUT2D eigenvalue weighted by molar-refractivity contribution is 5.98. The third kappa shape index (κ3) is 4.62. The van der Waals surface area contributed by atoms with Crippen LogP contribution >= 0.6 is 0 Å². The lowest BCUT2D eigenvalue weighted by molar-refractivity contribution is 0.0946. The molecule has 4 rings (SSSR count). The number of nitrogens with one attached hydrogen (secondary N) is 1. The molecule has 0 unspecified atom stereocenters. The second kappa shape index (κ2) is 9.82. The highest BCUT2D eigenvalue weighted by Crippen LogP contribution is 2.27. The molecule has 9 nitrogen and oxygen atoms in total. The standard InChI is InChI=1S/C24H23N5O4/c1-31-19-6-4-5-18(13-19)29-23(16-9-11-25-12-10-16)22(27-28-29)24(30)26-15-17-7-8-20(32-2)14-21(17)33-3/h4-14H,15H2,1-3H3,(H,26,30). The summed E-state index contributed by atoms with van der Waals surface area (Å²) in [6.07, 6.45) is 3.31. The molecular weight excluding hydrogens is 422 g/mol. The van der Waals surface area contributed by atoms with Gasteiger partial charge in [-0.05, 0) is 36.4 Å². The van der Waals surface area contributed by atoms with Crippen molar-refractivity contribution in [2.75, 3.05) is 21.3 Å². The molecule has 0 saturated carbocycles. The summed E-state index contributed by atoms with van der Waals surface area (Å²) in [5.74, 6) is 1.59. The van der Waals surface area contributed by atoms with Crippen LogP contribution in [0.4, 0.5) is 0 Å². The normalized spacial score (nSPS) is 10.5. The average molecular weight is 445 g/mol. The summed E-state index contributed by atoms with van der Waals surface area (Å²) in [7, 11) is 4.75. The summed E-state index contributed by atoms with van der Waals surface area (Å²) in [5, 5.41) is 11.4. The van der Waals surface area contributed by atoms with Crippen molar-refractivity contribution in [3.8, 4) is 34.2 Å². The second-order valence-corrected chi connectivity index (χ2v) is 7.00. The van der Waals surface area contributed by atoms with Gasteiger partial charge >= 0.3 is 0 Å².